The number of likely N-dealkylation sites (tertiary alicyclic amines) is 1. The minimum Gasteiger partial charge on any atom is -0.444 e. The molecule has 42 heavy (non-hydrogen) atoms. The summed E-state index contributed by atoms with van der Waals surface area (Å²) < 4.78 is 87.7. The van der Waals surface area contributed by atoms with Gasteiger partial charge in [0.2, 0.25) is 17.6 Å². The number of amides is 3. The summed E-state index contributed by atoms with van der Waals surface area (Å²) in [7, 11) is 0. The summed E-state index contributed by atoms with van der Waals surface area (Å²) in [6, 6.07) is -1.13. The Labute approximate surface area is 237 Å². The first-order valence-corrected chi connectivity index (χ1v) is 13.2. The maximum atomic E-state index is 14.5. The predicted octanol–water partition coefficient (Wildman–Crippen LogP) is 3.57. The topological polar surface area (TPSA) is 110 Å². The number of hydrogen-bond acceptors (Lipinski definition) is 6. The molecule has 3 amide bonds. The zero-order valence-electron chi connectivity index (χ0n) is 23.1. The highest BCUT2D eigenvalue weighted by Gasteiger charge is 2.41. The maximum Gasteiger partial charge on any atom is 0.451 e. The number of ether oxygens (including phenoxy) is 1. The van der Waals surface area contributed by atoms with Crippen molar-refractivity contribution >= 4 is 17.9 Å². The molecule has 10 nitrogen and oxygen atoms in total. The summed E-state index contributed by atoms with van der Waals surface area (Å²) in [6.07, 6.45) is -5.53. The van der Waals surface area contributed by atoms with Gasteiger partial charge in [-0.3, -0.25) is 14.5 Å². The van der Waals surface area contributed by atoms with Crippen LogP contribution in [0.25, 0.3) is 0 Å². The zero-order valence-corrected chi connectivity index (χ0v) is 23.1. The second-order valence-electron chi connectivity index (χ2n) is 11.2. The van der Waals surface area contributed by atoms with E-state index in [2.05, 4.69) is 15.5 Å². The van der Waals surface area contributed by atoms with Gasteiger partial charge in [-0.25, -0.2) is 18.0 Å². The van der Waals surface area contributed by atoms with Crippen molar-refractivity contribution in [3.05, 3.63) is 46.8 Å². The lowest BCUT2D eigenvalue weighted by Crippen LogP contribution is -2.51. The molecule has 1 N–H and O–H groups in total. The molecule has 0 radical (unpaired) electrons. The number of nitrogens with zero attached hydrogens (tertiary/aromatic N) is 5. The van der Waals surface area contributed by atoms with Gasteiger partial charge in [-0.1, -0.05) is 0 Å². The Hall–Kier alpha value is -3.85. The van der Waals surface area contributed by atoms with Crippen LogP contribution < -0.4 is 5.32 Å². The van der Waals surface area contributed by atoms with Gasteiger partial charge in [-0.2, -0.15) is 13.2 Å². The van der Waals surface area contributed by atoms with E-state index in [1.54, 1.807) is 20.8 Å². The molecule has 1 saturated heterocycles. The number of halogens is 6. The number of hydrogen-bond donors (Lipinski definition) is 1. The van der Waals surface area contributed by atoms with E-state index in [0.29, 0.717) is 18.6 Å². The van der Waals surface area contributed by atoms with E-state index in [-0.39, 0.29) is 44.0 Å². The molecule has 1 fully saturated rings. The molecule has 2 aliphatic heterocycles. The van der Waals surface area contributed by atoms with Gasteiger partial charge in [0.15, 0.2) is 17.5 Å². The lowest BCUT2D eigenvalue weighted by Gasteiger charge is -2.31. The fourth-order valence-corrected chi connectivity index (χ4v) is 4.96. The Balaban J connectivity index is 1.52. The number of rotatable bonds is 6. The monoisotopic (exact) mass is 604 g/mol. The third-order valence-corrected chi connectivity index (χ3v) is 6.87. The SMILES string of the molecule is CC(C)(C)OC(=O)N1CCCC1C(=O)NC(CC(=O)N1CCn2c(nnc2C(F)(F)F)C1)Cc1cc(F)c(F)cc1F. The first kappa shape index (κ1) is 31.1. The van der Waals surface area contributed by atoms with Gasteiger partial charge in [0, 0.05) is 38.2 Å². The molecule has 16 heteroatoms. The highest BCUT2D eigenvalue weighted by Crippen LogP contribution is 2.30. The van der Waals surface area contributed by atoms with Crippen molar-refractivity contribution in [1.82, 2.24) is 29.9 Å². The number of benzene rings is 1. The van der Waals surface area contributed by atoms with Crippen LogP contribution in [0.15, 0.2) is 12.1 Å². The highest BCUT2D eigenvalue weighted by atomic mass is 19.4. The fourth-order valence-electron chi connectivity index (χ4n) is 4.96. The van der Waals surface area contributed by atoms with Gasteiger partial charge in [-0.05, 0) is 51.7 Å². The Kier molecular flexibility index (Phi) is 8.73. The third-order valence-electron chi connectivity index (χ3n) is 6.87. The van der Waals surface area contributed by atoms with E-state index in [4.69, 9.17) is 4.74 Å². The second kappa shape index (κ2) is 11.8. The average molecular weight is 605 g/mol. The zero-order chi connectivity index (χ0) is 31.0. The molecule has 230 valence electrons. The maximum absolute atomic E-state index is 14.5. The minimum atomic E-state index is -4.73. The summed E-state index contributed by atoms with van der Waals surface area (Å²) in [5.41, 5.74) is -1.13. The summed E-state index contributed by atoms with van der Waals surface area (Å²) in [5, 5.41) is 9.34. The molecule has 0 bridgehead atoms. The van der Waals surface area contributed by atoms with Crippen LogP contribution in [0.1, 0.15) is 57.2 Å². The highest BCUT2D eigenvalue weighted by molar-refractivity contribution is 5.87. The summed E-state index contributed by atoms with van der Waals surface area (Å²) >= 11 is 0. The van der Waals surface area contributed by atoms with Gasteiger partial charge >= 0.3 is 12.3 Å². The largest absolute Gasteiger partial charge is 0.451 e. The van der Waals surface area contributed by atoms with Crippen molar-refractivity contribution in [3.63, 3.8) is 0 Å². The molecule has 1 aromatic heterocycles. The van der Waals surface area contributed by atoms with Gasteiger partial charge in [-0.15, -0.1) is 10.2 Å². The number of aromatic nitrogens is 3. The standard InChI is InChI=1S/C26H30F6N6O4/c1-25(2,3)42-24(41)37-6-4-5-19(37)22(40)33-15(9-14-10-17(28)18(29)12-16(14)27)11-21(39)36-7-8-38-20(13-36)34-35-23(38)26(30,31)32/h10,12,15,19H,4-9,11,13H2,1-3H3,(H,33,40). The van der Waals surface area contributed by atoms with Gasteiger partial charge in [0.1, 0.15) is 17.5 Å². The van der Waals surface area contributed by atoms with Crippen molar-refractivity contribution in [1.29, 1.82) is 0 Å². The molecule has 0 saturated carbocycles. The predicted molar refractivity (Wildman–Crippen MR) is 133 cm³/mol. The molecule has 2 atom stereocenters. The molecule has 3 heterocycles. The third kappa shape index (κ3) is 7.13. The Bertz CT molecular complexity index is 1360. The van der Waals surface area contributed by atoms with Crippen molar-refractivity contribution < 1.29 is 45.5 Å². The fraction of sp³-hybridized carbons (Fsp3) is 0.577. The van der Waals surface area contributed by atoms with Crippen LogP contribution in [0, 0.1) is 17.5 Å². The second-order valence-corrected chi connectivity index (χ2v) is 11.2. The van der Waals surface area contributed by atoms with Crippen LogP contribution in [0.3, 0.4) is 0 Å². The number of carbonyl (C=O) groups excluding carboxylic acids is 3. The first-order valence-electron chi connectivity index (χ1n) is 13.2. The van der Waals surface area contributed by atoms with Crippen LogP contribution in [0.2, 0.25) is 0 Å². The van der Waals surface area contributed by atoms with E-state index < -0.39 is 77.9 Å². The molecular formula is C26H30F6N6O4. The van der Waals surface area contributed by atoms with Crippen molar-refractivity contribution in [2.75, 3.05) is 13.1 Å². The lowest BCUT2D eigenvalue weighted by molar-refractivity contribution is -0.148. The van der Waals surface area contributed by atoms with Crippen LogP contribution in [-0.2, 0) is 40.0 Å². The van der Waals surface area contributed by atoms with Crippen LogP contribution in [-0.4, -0.2) is 73.2 Å². The Morgan fingerprint density at radius 2 is 1.71 bits per heavy atom. The molecule has 2 unspecified atom stereocenters. The Morgan fingerprint density at radius 1 is 1.02 bits per heavy atom. The van der Waals surface area contributed by atoms with Crippen LogP contribution in [0.5, 0.6) is 0 Å². The van der Waals surface area contributed by atoms with E-state index in [0.717, 1.165) is 4.57 Å². The van der Waals surface area contributed by atoms with Gasteiger partial charge < -0.3 is 19.5 Å². The van der Waals surface area contributed by atoms with Crippen molar-refractivity contribution in [2.45, 2.75) is 83.4 Å². The molecule has 1 aromatic carbocycles. The number of nitrogens with one attached hydrogen (secondary N) is 1. The molecule has 4 rings (SSSR count). The van der Waals surface area contributed by atoms with Crippen molar-refractivity contribution in [3.8, 4) is 0 Å². The minimum absolute atomic E-state index is 0.0897. The smallest absolute Gasteiger partial charge is 0.444 e. The molecule has 0 aliphatic carbocycles. The number of carbonyl (C=O) groups is 3. The van der Waals surface area contributed by atoms with E-state index in [9.17, 15) is 40.7 Å². The summed E-state index contributed by atoms with van der Waals surface area (Å²) in [6.45, 7) is 4.59. The number of fused-ring (bicyclic) bond motifs is 1. The molecule has 2 aliphatic rings. The van der Waals surface area contributed by atoms with E-state index in [1.807, 2.05) is 0 Å². The quantitative estimate of drug-likeness (QED) is 0.399. The molecule has 0 spiro atoms. The van der Waals surface area contributed by atoms with Crippen LogP contribution in [0.4, 0.5) is 31.1 Å². The summed E-state index contributed by atoms with van der Waals surface area (Å²) in [5.74, 6) is -6.38. The summed E-state index contributed by atoms with van der Waals surface area (Å²) in [4.78, 5) is 41.7. The van der Waals surface area contributed by atoms with Gasteiger partial charge in [0.25, 0.3) is 0 Å². The van der Waals surface area contributed by atoms with E-state index in [1.165, 1.54) is 9.80 Å². The first-order chi connectivity index (χ1) is 19.5. The van der Waals surface area contributed by atoms with Gasteiger partial charge in [0.05, 0.1) is 6.54 Å². The van der Waals surface area contributed by atoms with Crippen LogP contribution >= 0.6 is 0 Å². The molecule has 2 aromatic rings. The molecular weight excluding hydrogens is 574 g/mol. The average Bonchev–Trinajstić information content (AvgIpc) is 3.53. The van der Waals surface area contributed by atoms with E-state index >= 15 is 0 Å². The number of alkyl halides is 3. The van der Waals surface area contributed by atoms with Crippen molar-refractivity contribution in [2.24, 2.45) is 0 Å². The normalized spacial score (nSPS) is 18.1. The Morgan fingerprint density at radius 3 is 2.38 bits per heavy atom. The lowest BCUT2D eigenvalue weighted by atomic mass is 10.0.